The first kappa shape index (κ1) is 17.6. The summed E-state index contributed by atoms with van der Waals surface area (Å²) < 4.78 is 38.1. The number of nitrogens with zero attached hydrogens (tertiary/aromatic N) is 3. The van der Waals surface area contributed by atoms with Gasteiger partial charge in [0, 0.05) is 18.8 Å². The van der Waals surface area contributed by atoms with E-state index < -0.39 is 29.8 Å². The van der Waals surface area contributed by atoms with E-state index in [2.05, 4.69) is 15.3 Å². The van der Waals surface area contributed by atoms with Crippen LogP contribution in [0.1, 0.15) is 23.6 Å². The van der Waals surface area contributed by atoms with Gasteiger partial charge < -0.3 is 15.3 Å². The van der Waals surface area contributed by atoms with Crippen molar-refractivity contribution in [1.82, 2.24) is 20.2 Å². The number of carbonyl (C=O) groups excluding carboxylic acids is 1. The summed E-state index contributed by atoms with van der Waals surface area (Å²) in [6.07, 6.45) is -4.84. The maximum atomic E-state index is 12.7. The van der Waals surface area contributed by atoms with Gasteiger partial charge in [0.2, 0.25) is 5.91 Å². The van der Waals surface area contributed by atoms with Crippen LogP contribution in [0.5, 0.6) is 0 Å². The van der Waals surface area contributed by atoms with Gasteiger partial charge in [-0.1, -0.05) is 0 Å². The molecule has 23 heavy (non-hydrogen) atoms. The zero-order valence-corrected chi connectivity index (χ0v) is 12.9. The SMILES string of the molecule is Cc1cc(C(F)(F)F)nc(CNC(=O)[C@@H]2CN(C)CC[C@@H]2O)n1. The molecule has 1 saturated heterocycles. The highest BCUT2D eigenvalue weighted by Crippen LogP contribution is 2.27. The number of aliphatic hydroxyl groups excluding tert-OH is 1. The Labute approximate surface area is 131 Å². The molecule has 1 aromatic rings. The van der Waals surface area contributed by atoms with Gasteiger partial charge in [-0.15, -0.1) is 0 Å². The topological polar surface area (TPSA) is 78.4 Å². The molecule has 2 atom stereocenters. The number of carbonyl (C=O) groups is 1. The Morgan fingerprint density at radius 3 is 2.83 bits per heavy atom. The summed E-state index contributed by atoms with van der Waals surface area (Å²) in [5.74, 6) is -1.13. The largest absolute Gasteiger partial charge is 0.433 e. The molecule has 1 aliphatic rings. The van der Waals surface area contributed by atoms with Crippen molar-refractivity contribution in [1.29, 1.82) is 0 Å². The molecule has 0 spiro atoms. The van der Waals surface area contributed by atoms with Crippen molar-refractivity contribution in [2.45, 2.75) is 32.2 Å². The second-order valence-corrected chi connectivity index (χ2v) is 5.75. The summed E-state index contributed by atoms with van der Waals surface area (Å²) >= 11 is 0. The van der Waals surface area contributed by atoms with Crippen molar-refractivity contribution in [2.24, 2.45) is 5.92 Å². The second kappa shape index (κ2) is 6.79. The summed E-state index contributed by atoms with van der Waals surface area (Å²) in [6.45, 7) is 2.31. The van der Waals surface area contributed by atoms with Gasteiger partial charge >= 0.3 is 6.18 Å². The van der Waals surface area contributed by atoms with Crippen LogP contribution in [-0.2, 0) is 17.5 Å². The number of alkyl halides is 3. The van der Waals surface area contributed by atoms with E-state index in [0.29, 0.717) is 19.5 Å². The van der Waals surface area contributed by atoms with Gasteiger partial charge in [0.05, 0.1) is 18.6 Å². The monoisotopic (exact) mass is 332 g/mol. The highest BCUT2D eigenvalue weighted by molar-refractivity contribution is 5.79. The van der Waals surface area contributed by atoms with E-state index in [0.717, 1.165) is 6.07 Å². The minimum absolute atomic E-state index is 0.107. The number of hydrogen-bond acceptors (Lipinski definition) is 5. The molecule has 128 valence electrons. The van der Waals surface area contributed by atoms with Crippen molar-refractivity contribution in [2.75, 3.05) is 20.1 Å². The van der Waals surface area contributed by atoms with Crippen LogP contribution in [0.2, 0.25) is 0 Å². The molecule has 0 radical (unpaired) electrons. The van der Waals surface area contributed by atoms with Gasteiger partial charge in [-0.3, -0.25) is 4.79 Å². The highest BCUT2D eigenvalue weighted by Gasteiger charge is 2.34. The van der Waals surface area contributed by atoms with Crippen molar-refractivity contribution in [3.05, 3.63) is 23.3 Å². The van der Waals surface area contributed by atoms with E-state index >= 15 is 0 Å². The predicted molar refractivity (Wildman–Crippen MR) is 75.2 cm³/mol. The van der Waals surface area contributed by atoms with Crippen molar-refractivity contribution in [3.63, 3.8) is 0 Å². The third kappa shape index (κ3) is 4.61. The van der Waals surface area contributed by atoms with Gasteiger partial charge in [-0.05, 0) is 26.5 Å². The van der Waals surface area contributed by atoms with Crippen LogP contribution in [0.4, 0.5) is 13.2 Å². The molecule has 1 aliphatic heterocycles. The van der Waals surface area contributed by atoms with Crippen LogP contribution in [-0.4, -0.2) is 52.1 Å². The lowest BCUT2D eigenvalue weighted by molar-refractivity contribution is -0.141. The molecule has 0 aliphatic carbocycles. The van der Waals surface area contributed by atoms with Crippen molar-refractivity contribution >= 4 is 5.91 Å². The number of aryl methyl sites for hydroxylation is 1. The van der Waals surface area contributed by atoms with E-state index in [1.54, 1.807) is 0 Å². The lowest BCUT2D eigenvalue weighted by Gasteiger charge is -2.32. The molecule has 9 heteroatoms. The lowest BCUT2D eigenvalue weighted by Crippen LogP contribution is -2.48. The quantitative estimate of drug-likeness (QED) is 0.853. The predicted octanol–water partition coefficient (Wildman–Crippen LogP) is 0.733. The molecule has 0 unspecified atom stereocenters. The molecule has 6 nitrogen and oxygen atoms in total. The Balaban J connectivity index is 2.03. The Morgan fingerprint density at radius 2 is 2.17 bits per heavy atom. The average molecular weight is 332 g/mol. The Hall–Kier alpha value is -1.74. The van der Waals surface area contributed by atoms with Gasteiger partial charge in [-0.2, -0.15) is 13.2 Å². The standard InChI is InChI=1S/C14H19F3N4O2/c1-8-5-11(14(15,16)17)20-12(19-8)6-18-13(23)9-7-21(2)4-3-10(9)22/h5,9-10,22H,3-4,6-7H2,1-2H3,(H,18,23)/t9-,10+/m1/s1. The highest BCUT2D eigenvalue weighted by atomic mass is 19.4. The molecule has 1 amide bonds. The van der Waals surface area contributed by atoms with Crippen LogP contribution in [0.25, 0.3) is 0 Å². The molecule has 2 rings (SSSR count). The first-order valence-electron chi connectivity index (χ1n) is 7.23. The number of piperidine rings is 1. The average Bonchev–Trinajstić information content (AvgIpc) is 2.46. The normalized spacial score (nSPS) is 22.9. The molecule has 2 heterocycles. The van der Waals surface area contributed by atoms with E-state index in [1.165, 1.54) is 6.92 Å². The van der Waals surface area contributed by atoms with Crippen molar-refractivity contribution in [3.8, 4) is 0 Å². The number of amides is 1. The number of aromatic nitrogens is 2. The van der Waals surface area contributed by atoms with E-state index in [-0.39, 0.29) is 18.1 Å². The minimum atomic E-state index is -4.56. The third-order valence-electron chi connectivity index (χ3n) is 3.73. The summed E-state index contributed by atoms with van der Waals surface area (Å²) in [4.78, 5) is 21.4. The summed E-state index contributed by atoms with van der Waals surface area (Å²) in [7, 11) is 1.84. The molecule has 0 aromatic carbocycles. The Kier molecular flexibility index (Phi) is 5.20. The zero-order valence-electron chi connectivity index (χ0n) is 12.9. The smallest absolute Gasteiger partial charge is 0.392 e. The Morgan fingerprint density at radius 1 is 1.48 bits per heavy atom. The first-order valence-corrected chi connectivity index (χ1v) is 7.23. The van der Waals surface area contributed by atoms with Gasteiger partial charge in [-0.25, -0.2) is 9.97 Å². The third-order valence-corrected chi connectivity index (χ3v) is 3.73. The number of halogens is 3. The molecular weight excluding hydrogens is 313 g/mol. The van der Waals surface area contributed by atoms with Gasteiger partial charge in [0.25, 0.3) is 0 Å². The van der Waals surface area contributed by atoms with Crippen LogP contribution in [0.15, 0.2) is 6.07 Å². The summed E-state index contributed by atoms with van der Waals surface area (Å²) in [6, 6.07) is 0.852. The zero-order chi connectivity index (χ0) is 17.2. The van der Waals surface area contributed by atoms with Crippen LogP contribution >= 0.6 is 0 Å². The fourth-order valence-electron chi connectivity index (χ4n) is 2.51. The molecule has 1 fully saturated rings. The number of hydrogen-bond donors (Lipinski definition) is 2. The number of nitrogens with one attached hydrogen (secondary N) is 1. The van der Waals surface area contributed by atoms with Gasteiger partial charge in [0.15, 0.2) is 0 Å². The minimum Gasteiger partial charge on any atom is -0.392 e. The summed E-state index contributed by atoms with van der Waals surface area (Å²) in [5.41, 5.74) is -0.860. The number of aliphatic hydroxyl groups is 1. The van der Waals surface area contributed by atoms with E-state index in [9.17, 15) is 23.1 Å². The maximum absolute atomic E-state index is 12.7. The molecule has 0 saturated carbocycles. The fourth-order valence-corrected chi connectivity index (χ4v) is 2.51. The van der Waals surface area contributed by atoms with E-state index in [1.807, 2.05) is 11.9 Å². The van der Waals surface area contributed by atoms with Crippen LogP contribution in [0.3, 0.4) is 0 Å². The first-order chi connectivity index (χ1) is 10.7. The van der Waals surface area contributed by atoms with Crippen LogP contribution in [0, 0.1) is 12.8 Å². The number of rotatable bonds is 3. The molecule has 0 bridgehead atoms. The molecule has 1 aromatic heterocycles. The summed E-state index contributed by atoms with van der Waals surface area (Å²) in [5, 5.41) is 12.4. The van der Waals surface area contributed by atoms with Gasteiger partial charge in [0.1, 0.15) is 11.5 Å². The lowest BCUT2D eigenvalue weighted by atomic mass is 9.94. The molecular formula is C14H19F3N4O2. The van der Waals surface area contributed by atoms with Crippen LogP contribution < -0.4 is 5.32 Å². The number of likely N-dealkylation sites (tertiary alicyclic amines) is 1. The second-order valence-electron chi connectivity index (χ2n) is 5.75. The van der Waals surface area contributed by atoms with Crippen molar-refractivity contribution < 1.29 is 23.1 Å². The maximum Gasteiger partial charge on any atom is 0.433 e. The molecule has 2 N–H and O–H groups in total. The fraction of sp³-hybridized carbons (Fsp3) is 0.643. The van der Waals surface area contributed by atoms with E-state index in [4.69, 9.17) is 0 Å². The Bertz CT molecular complexity index is 580.